The first-order valence-electron chi connectivity index (χ1n) is 5.77. The van der Waals surface area contributed by atoms with E-state index in [9.17, 15) is 0 Å². The molecule has 0 aromatic heterocycles. The van der Waals surface area contributed by atoms with Crippen LogP contribution in [0.15, 0.2) is 16.8 Å². The number of rotatable bonds is 4. The quantitative estimate of drug-likeness (QED) is 0.722. The van der Waals surface area contributed by atoms with Gasteiger partial charge in [0, 0.05) is 12.8 Å². The van der Waals surface area contributed by atoms with Gasteiger partial charge >= 0.3 is 0 Å². The first-order valence-corrected chi connectivity index (χ1v) is 5.77. The van der Waals surface area contributed by atoms with Crippen molar-refractivity contribution in [2.75, 3.05) is 13.2 Å². The number of hydrogen-bond donors (Lipinski definition) is 1. The van der Waals surface area contributed by atoms with E-state index in [1.807, 2.05) is 6.21 Å². The maximum Gasteiger partial charge on any atom is 0.0770 e. The molecule has 3 nitrogen and oxygen atoms in total. The summed E-state index contributed by atoms with van der Waals surface area (Å²) in [5.41, 5.74) is 6.60. The van der Waals surface area contributed by atoms with Crippen LogP contribution in [0.2, 0.25) is 0 Å². The molecule has 86 valence electrons. The normalized spacial score (nSPS) is 23.9. The molecule has 15 heavy (non-hydrogen) atoms. The van der Waals surface area contributed by atoms with Gasteiger partial charge in [0.1, 0.15) is 0 Å². The predicted octanol–water partition coefficient (Wildman–Crippen LogP) is 2.12. The smallest absolute Gasteiger partial charge is 0.0770 e. The average Bonchev–Trinajstić information content (AvgIpc) is 2.25. The van der Waals surface area contributed by atoms with Crippen LogP contribution in [0.5, 0.6) is 0 Å². The lowest BCUT2D eigenvalue weighted by atomic mass is 10.1. The minimum Gasteiger partial charge on any atom is -0.404 e. The van der Waals surface area contributed by atoms with Crippen molar-refractivity contribution in [1.29, 1.82) is 0 Å². The molecule has 1 fully saturated rings. The lowest BCUT2D eigenvalue weighted by Crippen LogP contribution is -2.22. The van der Waals surface area contributed by atoms with Crippen molar-refractivity contribution in [3.05, 3.63) is 11.8 Å². The number of hydrogen-bond acceptors (Lipinski definition) is 3. The summed E-state index contributed by atoms with van der Waals surface area (Å²) in [7, 11) is 0. The summed E-state index contributed by atoms with van der Waals surface area (Å²) < 4.78 is 5.59. The zero-order chi connectivity index (χ0) is 11.1. The van der Waals surface area contributed by atoms with Crippen LogP contribution in [0.1, 0.15) is 33.1 Å². The summed E-state index contributed by atoms with van der Waals surface area (Å²) in [6.07, 6.45) is 7.43. The minimum atomic E-state index is 0.321. The maximum atomic E-state index is 5.59. The topological polar surface area (TPSA) is 47.6 Å². The molecule has 3 heteroatoms. The van der Waals surface area contributed by atoms with E-state index in [0.717, 1.165) is 25.1 Å². The molecule has 0 aromatic carbocycles. The third-order valence-electron chi connectivity index (χ3n) is 2.68. The highest BCUT2D eigenvalue weighted by Gasteiger charge is 2.12. The van der Waals surface area contributed by atoms with Gasteiger partial charge in [0.15, 0.2) is 0 Å². The van der Waals surface area contributed by atoms with Gasteiger partial charge in [-0.05, 0) is 37.0 Å². The zero-order valence-electron chi connectivity index (χ0n) is 9.78. The summed E-state index contributed by atoms with van der Waals surface area (Å²) in [5, 5.41) is 0. The summed E-state index contributed by atoms with van der Waals surface area (Å²) in [4.78, 5) is 4.39. The third-order valence-corrected chi connectivity index (χ3v) is 2.68. The highest BCUT2D eigenvalue weighted by molar-refractivity contribution is 5.78. The lowest BCUT2D eigenvalue weighted by Gasteiger charge is -2.20. The second-order valence-corrected chi connectivity index (χ2v) is 4.30. The molecule has 1 aliphatic heterocycles. The SMILES string of the molecule is CC(C)/C(C=NCC1CCCCO1)=C/N. The van der Waals surface area contributed by atoms with Crippen LogP contribution in [0.3, 0.4) is 0 Å². The van der Waals surface area contributed by atoms with Gasteiger partial charge in [-0.1, -0.05) is 13.8 Å². The Hall–Kier alpha value is -0.830. The molecule has 0 saturated carbocycles. The van der Waals surface area contributed by atoms with Crippen molar-refractivity contribution in [2.45, 2.75) is 39.2 Å². The van der Waals surface area contributed by atoms with Crippen molar-refractivity contribution in [3.63, 3.8) is 0 Å². The number of ether oxygens (including phenoxy) is 1. The molecule has 0 aromatic rings. The fourth-order valence-corrected chi connectivity index (χ4v) is 1.61. The van der Waals surface area contributed by atoms with Crippen molar-refractivity contribution in [2.24, 2.45) is 16.6 Å². The van der Waals surface area contributed by atoms with E-state index in [1.54, 1.807) is 6.20 Å². The first-order chi connectivity index (χ1) is 7.24. The molecule has 1 atom stereocenters. The molecule has 0 bridgehead atoms. The number of nitrogens with two attached hydrogens (primary N) is 1. The van der Waals surface area contributed by atoms with Crippen molar-refractivity contribution in [1.82, 2.24) is 0 Å². The van der Waals surface area contributed by atoms with E-state index in [1.165, 1.54) is 12.8 Å². The average molecular weight is 210 g/mol. The Balaban J connectivity index is 2.31. The Bertz CT molecular complexity index is 228. The van der Waals surface area contributed by atoms with Gasteiger partial charge in [-0.2, -0.15) is 0 Å². The van der Waals surface area contributed by atoms with Crippen LogP contribution >= 0.6 is 0 Å². The van der Waals surface area contributed by atoms with Gasteiger partial charge in [0.2, 0.25) is 0 Å². The molecule has 0 amide bonds. The van der Waals surface area contributed by atoms with Crippen LogP contribution in [-0.4, -0.2) is 25.5 Å². The van der Waals surface area contributed by atoms with Crippen LogP contribution in [0, 0.1) is 5.92 Å². The molecule has 0 spiro atoms. The van der Waals surface area contributed by atoms with Crippen molar-refractivity contribution < 1.29 is 4.74 Å². The lowest BCUT2D eigenvalue weighted by molar-refractivity contribution is 0.0226. The minimum absolute atomic E-state index is 0.321. The summed E-state index contributed by atoms with van der Waals surface area (Å²) in [6.45, 7) is 5.89. The number of nitrogens with zero attached hydrogens (tertiary/aromatic N) is 1. The molecule has 2 N–H and O–H groups in total. The van der Waals surface area contributed by atoms with Crippen molar-refractivity contribution >= 4 is 6.21 Å². The molecule has 1 heterocycles. The molecular weight excluding hydrogens is 188 g/mol. The Morgan fingerprint density at radius 1 is 1.53 bits per heavy atom. The highest BCUT2D eigenvalue weighted by atomic mass is 16.5. The second kappa shape index (κ2) is 6.62. The Kier molecular flexibility index (Phi) is 5.40. The van der Waals surface area contributed by atoms with Gasteiger partial charge in [0.05, 0.1) is 12.6 Å². The molecule has 0 radical (unpaired) electrons. The van der Waals surface area contributed by atoms with Crippen molar-refractivity contribution in [3.8, 4) is 0 Å². The maximum absolute atomic E-state index is 5.59. The largest absolute Gasteiger partial charge is 0.404 e. The van der Waals surface area contributed by atoms with Gasteiger partial charge < -0.3 is 10.5 Å². The molecule has 1 rings (SSSR count). The molecule has 1 saturated heterocycles. The van der Waals surface area contributed by atoms with E-state index in [2.05, 4.69) is 18.8 Å². The summed E-state index contributed by atoms with van der Waals surface area (Å²) in [6, 6.07) is 0. The number of aliphatic imine (C=N–C) groups is 1. The molecule has 0 aliphatic carbocycles. The highest BCUT2D eigenvalue weighted by Crippen LogP contribution is 2.13. The van der Waals surface area contributed by atoms with Crippen LogP contribution < -0.4 is 5.73 Å². The molecule has 1 aliphatic rings. The predicted molar refractivity (Wildman–Crippen MR) is 64.1 cm³/mol. The van der Waals surface area contributed by atoms with Crippen LogP contribution in [0.25, 0.3) is 0 Å². The second-order valence-electron chi connectivity index (χ2n) is 4.30. The Labute approximate surface area is 92.4 Å². The van der Waals surface area contributed by atoms with Gasteiger partial charge in [-0.15, -0.1) is 0 Å². The molecular formula is C12H22N2O. The number of allylic oxidation sites excluding steroid dienone is 1. The summed E-state index contributed by atoms with van der Waals surface area (Å²) in [5.74, 6) is 0.436. The third kappa shape index (κ3) is 4.47. The van der Waals surface area contributed by atoms with E-state index >= 15 is 0 Å². The van der Waals surface area contributed by atoms with E-state index in [-0.39, 0.29) is 0 Å². The zero-order valence-corrected chi connectivity index (χ0v) is 9.78. The monoisotopic (exact) mass is 210 g/mol. The standard InChI is InChI=1S/C12H22N2O/c1-10(2)11(7-13)8-14-9-12-5-3-4-6-15-12/h7-8,10,12H,3-6,9,13H2,1-2H3/b11-7+,14-8?. The molecule has 1 unspecified atom stereocenters. The fourth-order valence-electron chi connectivity index (χ4n) is 1.61. The first kappa shape index (κ1) is 12.2. The van der Waals surface area contributed by atoms with Gasteiger partial charge in [0.25, 0.3) is 0 Å². The fraction of sp³-hybridized carbons (Fsp3) is 0.750. The van der Waals surface area contributed by atoms with Crippen LogP contribution in [-0.2, 0) is 4.74 Å². The Morgan fingerprint density at radius 3 is 2.87 bits per heavy atom. The van der Waals surface area contributed by atoms with Crippen LogP contribution in [0.4, 0.5) is 0 Å². The Morgan fingerprint density at radius 2 is 2.33 bits per heavy atom. The van der Waals surface area contributed by atoms with E-state index in [0.29, 0.717) is 12.0 Å². The van der Waals surface area contributed by atoms with Gasteiger partial charge in [-0.3, -0.25) is 4.99 Å². The summed E-state index contributed by atoms with van der Waals surface area (Å²) >= 11 is 0. The van der Waals surface area contributed by atoms with Gasteiger partial charge in [-0.25, -0.2) is 0 Å². The van der Waals surface area contributed by atoms with E-state index < -0.39 is 0 Å². The van der Waals surface area contributed by atoms with E-state index in [4.69, 9.17) is 10.5 Å².